The van der Waals surface area contributed by atoms with Crippen molar-refractivity contribution in [1.82, 2.24) is 19.6 Å². The maximum Gasteiger partial charge on any atom is 0.322 e. The number of hydrogen-bond donors (Lipinski definition) is 1. The minimum absolute atomic E-state index is 0.0206. The number of aromatic nitrogens is 4. The van der Waals surface area contributed by atoms with E-state index in [4.69, 9.17) is 8.83 Å². The number of hydrogen-bond acceptors (Lipinski definition) is 6. The normalized spacial score (nSPS) is 11.1. The summed E-state index contributed by atoms with van der Waals surface area (Å²) in [6, 6.07) is 8.87. The summed E-state index contributed by atoms with van der Waals surface area (Å²) < 4.78 is 13.0. The molecule has 0 aromatic carbocycles. The van der Waals surface area contributed by atoms with Crippen LogP contribution >= 0.6 is 15.9 Å². The molecule has 24 heavy (non-hydrogen) atoms. The number of nitrogens with one attached hydrogen (secondary N) is 1. The zero-order valence-corrected chi connectivity index (χ0v) is 13.9. The molecule has 0 aliphatic carbocycles. The minimum Gasteiger partial charge on any atom is -0.444 e. The summed E-state index contributed by atoms with van der Waals surface area (Å²) in [5, 5.41) is 10.2. The molecule has 0 radical (unpaired) electrons. The molecular formula is C15H10BrN5O3. The van der Waals surface area contributed by atoms with E-state index in [0.29, 0.717) is 27.5 Å². The second-order valence-corrected chi connectivity index (χ2v) is 5.73. The zero-order valence-electron chi connectivity index (χ0n) is 12.4. The highest BCUT2D eigenvalue weighted by Gasteiger charge is 2.19. The summed E-state index contributed by atoms with van der Waals surface area (Å²) >= 11 is 3.20. The monoisotopic (exact) mass is 387 g/mol. The van der Waals surface area contributed by atoms with Crippen LogP contribution in [0.5, 0.6) is 0 Å². The van der Waals surface area contributed by atoms with Crippen LogP contribution in [0.4, 0.5) is 6.01 Å². The van der Waals surface area contributed by atoms with Crippen LogP contribution in [0.25, 0.3) is 17.3 Å². The highest BCUT2D eigenvalue weighted by Crippen LogP contribution is 2.25. The number of anilines is 1. The third-order valence-electron chi connectivity index (χ3n) is 3.35. The number of nitrogens with zero attached hydrogens (tertiary/aromatic N) is 4. The van der Waals surface area contributed by atoms with Gasteiger partial charge in [-0.2, -0.15) is 0 Å². The van der Waals surface area contributed by atoms with Gasteiger partial charge in [0.15, 0.2) is 10.4 Å². The zero-order chi connectivity index (χ0) is 16.7. The smallest absolute Gasteiger partial charge is 0.322 e. The number of pyridine rings is 1. The second kappa shape index (κ2) is 5.60. The molecule has 0 spiro atoms. The van der Waals surface area contributed by atoms with Crippen molar-refractivity contribution in [3.05, 3.63) is 52.6 Å². The van der Waals surface area contributed by atoms with Crippen LogP contribution in [0.1, 0.15) is 16.2 Å². The van der Waals surface area contributed by atoms with Crippen LogP contribution in [0.15, 0.2) is 50.0 Å². The molecule has 4 heterocycles. The third kappa shape index (κ3) is 2.48. The number of furan rings is 1. The van der Waals surface area contributed by atoms with Crippen LogP contribution in [0, 0.1) is 6.92 Å². The van der Waals surface area contributed by atoms with Crippen LogP contribution in [0.2, 0.25) is 0 Å². The van der Waals surface area contributed by atoms with Gasteiger partial charge in [0.05, 0.1) is 5.69 Å². The lowest BCUT2D eigenvalue weighted by atomic mass is 10.3. The van der Waals surface area contributed by atoms with Gasteiger partial charge in [-0.25, -0.2) is 4.98 Å². The average molecular weight is 388 g/mol. The van der Waals surface area contributed by atoms with Gasteiger partial charge in [-0.15, -0.1) is 5.10 Å². The van der Waals surface area contributed by atoms with Crippen molar-refractivity contribution in [2.24, 2.45) is 0 Å². The van der Waals surface area contributed by atoms with E-state index in [2.05, 4.69) is 36.4 Å². The lowest BCUT2D eigenvalue weighted by Gasteiger charge is -2.01. The van der Waals surface area contributed by atoms with Crippen molar-refractivity contribution < 1.29 is 13.6 Å². The topological polar surface area (TPSA) is 98.5 Å². The molecule has 9 heteroatoms. The number of rotatable bonds is 3. The molecule has 0 bridgehead atoms. The van der Waals surface area contributed by atoms with Gasteiger partial charge >= 0.3 is 6.01 Å². The quantitative estimate of drug-likeness (QED) is 0.578. The first-order chi connectivity index (χ1) is 11.6. The Hall–Kier alpha value is -2.94. The van der Waals surface area contributed by atoms with E-state index in [-0.39, 0.29) is 17.8 Å². The van der Waals surface area contributed by atoms with E-state index in [1.54, 1.807) is 29.7 Å². The Kier molecular flexibility index (Phi) is 3.42. The predicted molar refractivity (Wildman–Crippen MR) is 87.6 cm³/mol. The highest BCUT2D eigenvalue weighted by atomic mass is 79.9. The van der Waals surface area contributed by atoms with E-state index in [1.807, 2.05) is 18.2 Å². The summed E-state index contributed by atoms with van der Waals surface area (Å²) in [4.78, 5) is 16.9. The van der Waals surface area contributed by atoms with E-state index in [0.717, 1.165) is 0 Å². The third-order valence-corrected chi connectivity index (χ3v) is 3.77. The molecule has 0 unspecified atom stereocenters. The standard InChI is InChI=1S/C15H10BrN5O3/c1-8-12(21-7-3-2-4-11(21)17-8)13(22)18-15-20-19-14(24-15)9-5-6-10(16)23-9/h2-7H,1H3,(H,18,20,22). The van der Waals surface area contributed by atoms with Crippen LogP contribution in [-0.2, 0) is 0 Å². The second-order valence-electron chi connectivity index (χ2n) is 4.94. The molecular weight excluding hydrogens is 378 g/mol. The Morgan fingerprint density at radius 3 is 2.88 bits per heavy atom. The van der Waals surface area contributed by atoms with Crippen molar-refractivity contribution in [3.8, 4) is 11.7 Å². The average Bonchev–Trinajstić information content (AvgIpc) is 3.24. The Bertz CT molecular complexity index is 1050. The minimum atomic E-state index is -0.387. The highest BCUT2D eigenvalue weighted by molar-refractivity contribution is 9.10. The van der Waals surface area contributed by atoms with Gasteiger partial charge in [0.2, 0.25) is 0 Å². The number of halogens is 1. The molecule has 1 amide bonds. The maximum absolute atomic E-state index is 12.5. The van der Waals surface area contributed by atoms with E-state index < -0.39 is 0 Å². The molecule has 8 nitrogen and oxygen atoms in total. The molecule has 4 aromatic rings. The van der Waals surface area contributed by atoms with Crippen LogP contribution in [-0.4, -0.2) is 25.5 Å². The fourth-order valence-electron chi connectivity index (χ4n) is 2.35. The molecule has 0 atom stereocenters. The van der Waals surface area contributed by atoms with Crippen LogP contribution < -0.4 is 5.32 Å². The number of aryl methyl sites for hydroxylation is 1. The van der Waals surface area contributed by atoms with Gasteiger partial charge in [-0.3, -0.25) is 14.5 Å². The lowest BCUT2D eigenvalue weighted by molar-refractivity contribution is 0.101. The summed E-state index contributed by atoms with van der Waals surface area (Å²) in [6.45, 7) is 1.77. The summed E-state index contributed by atoms with van der Waals surface area (Å²) in [5.74, 6) is 0.189. The summed E-state index contributed by atoms with van der Waals surface area (Å²) in [5.41, 5.74) is 1.70. The number of fused-ring (bicyclic) bond motifs is 1. The molecule has 0 saturated carbocycles. The van der Waals surface area contributed by atoms with Crippen LogP contribution in [0.3, 0.4) is 0 Å². The fourth-order valence-corrected chi connectivity index (χ4v) is 2.65. The van der Waals surface area contributed by atoms with Crippen molar-refractivity contribution in [3.63, 3.8) is 0 Å². The predicted octanol–water partition coefficient (Wildman–Crippen LogP) is 3.30. The molecule has 4 rings (SSSR count). The van der Waals surface area contributed by atoms with Gasteiger partial charge in [0.25, 0.3) is 11.8 Å². The van der Waals surface area contributed by atoms with Crippen molar-refractivity contribution in [2.45, 2.75) is 6.92 Å². The van der Waals surface area contributed by atoms with Gasteiger partial charge in [0.1, 0.15) is 11.3 Å². The largest absolute Gasteiger partial charge is 0.444 e. The molecule has 0 aliphatic rings. The Balaban J connectivity index is 1.62. The summed E-state index contributed by atoms with van der Waals surface area (Å²) in [7, 11) is 0. The Morgan fingerprint density at radius 2 is 2.08 bits per heavy atom. The maximum atomic E-state index is 12.5. The first-order valence-corrected chi connectivity index (χ1v) is 7.75. The number of carbonyl (C=O) groups is 1. The number of amides is 1. The molecule has 0 fully saturated rings. The SMILES string of the molecule is Cc1nc2ccccn2c1C(=O)Nc1nnc(-c2ccc(Br)o2)o1. The van der Waals surface area contributed by atoms with E-state index in [9.17, 15) is 4.79 Å². The van der Waals surface area contributed by atoms with Gasteiger partial charge < -0.3 is 8.83 Å². The summed E-state index contributed by atoms with van der Waals surface area (Å²) in [6.07, 6.45) is 1.77. The van der Waals surface area contributed by atoms with Gasteiger partial charge in [-0.1, -0.05) is 11.2 Å². The number of carbonyl (C=O) groups excluding carboxylic acids is 1. The van der Waals surface area contributed by atoms with Gasteiger partial charge in [0, 0.05) is 6.20 Å². The van der Waals surface area contributed by atoms with Crippen molar-refractivity contribution in [1.29, 1.82) is 0 Å². The molecule has 1 N–H and O–H groups in total. The fraction of sp³-hybridized carbons (Fsp3) is 0.0667. The molecule has 0 aliphatic heterocycles. The van der Waals surface area contributed by atoms with Gasteiger partial charge in [-0.05, 0) is 47.1 Å². The molecule has 120 valence electrons. The lowest BCUT2D eigenvalue weighted by Crippen LogP contribution is -2.15. The molecule has 0 saturated heterocycles. The van der Waals surface area contributed by atoms with E-state index in [1.165, 1.54) is 0 Å². The first kappa shape index (κ1) is 14.6. The van der Waals surface area contributed by atoms with E-state index >= 15 is 0 Å². The Labute approximate surface area is 143 Å². The number of imidazole rings is 1. The first-order valence-electron chi connectivity index (χ1n) is 6.96. The molecule has 4 aromatic heterocycles. The van der Waals surface area contributed by atoms with Crippen molar-refractivity contribution in [2.75, 3.05) is 5.32 Å². The Morgan fingerprint density at radius 1 is 1.21 bits per heavy atom. The van der Waals surface area contributed by atoms with Crippen molar-refractivity contribution >= 4 is 33.5 Å².